The highest BCUT2D eigenvalue weighted by atomic mass is 79.9. The summed E-state index contributed by atoms with van der Waals surface area (Å²) in [4.78, 5) is 4.84. The summed E-state index contributed by atoms with van der Waals surface area (Å²) >= 11 is 1.75. The van der Waals surface area contributed by atoms with Crippen molar-refractivity contribution < 1.29 is 22.4 Å². The number of thioether (sulfide) groups is 1. The minimum Gasteiger partial charge on any atom is -1.00 e. The number of nitrogens with two attached hydrogens (primary N) is 1. The highest BCUT2D eigenvalue weighted by Gasteiger charge is 2.38. The van der Waals surface area contributed by atoms with Gasteiger partial charge in [0, 0.05) is 5.75 Å². The van der Waals surface area contributed by atoms with Gasteiger partial charge in [0.05, 0.1) is 11.1 Å². The van der Waals surface area contributed by atoms with Crippen molar-refractivity contribution in [1.82, 2.24) is 5.12 Å². The first kappa shape index (κ1) is 18.0. The molecule has 5 nitrogen and oxygen atoms in total. The smallest absolute Gasteiger partial charge is 0.277 e. The number of halogens is 1. The van der Waals surface area contributed by atoms with Crippen LogP contribution < -0.4 is 27.5 Å². The fourth-order valence-electron chi connectivity index (χ4n) is 2.65. The van der Waals surface area contributed by atoms with E-state index in [4.69, 9.17) is 10.1 Å². The second-order valence-electron chi connectivity index (χ2n) is 6.45. The van der Waals surface area contributed by atoms with E-state index in [2.05, 4.69) is 48.7 Å². The highest BCUT2D eigenvalue weighted by molar-refractivity contribution is 8.14. The Morgan fingerprint density at radius 3 is 2.24 bits per heavy atom. The molecule has 25 heavy (non-hydrogen) atoms. The van der Waals surface area contributed by atoms with Gasteiger partial charge in [0.1, 0.15) is 5.69 Å². The largest absolute Gasteiger partial charge is 1.00 e. The molecule has 0 aromatic heterocycles. The molecule has 0 amide bonds. The molecule has 2 aliphatic rings. The van der Waals surface area contributed by atoms with Crippen molar-refractivity contribution in [1.29, 1.82) is 0 Å². The second kappa shape index (κ2) is 7.19. The van der Waals surface area contributed by atoms with Crippen LogP contribution in [-0.2, 0) is 0 Å². The summed E-state index contributed by atoms with van der Waals surface area (Å²) in [7, 11) is 0. The van der Waals surface area contributed by atoms with Crippen LogP contribution >= 0.6 is 11.8 Å². The molecule has 2 aromatic rings. The van der Waals surface area contributed by atoms with Crippen molar-refractivity contribution in [2.24, 2.45) is 10.1 Å². The molecule has 2 aliphatic heterocycles. The van der Waals surface area contributed by atoms with Crippen LogP contribution in [-0.4, -0.2) is 27.4 Å². The number of hydrogen-bond donors (Lipinski definition) is 1. The number of para-hydroxylation sites is 1. The maximum Gasteiger partial charge on any atom is 0.277 e. The first-order valence-electron chi connectivity index (χ1n) is 7.98. The Kier molecular flexibility index (Phi) is 5.17. The molecule has 2 aromatic carbocycles. The van der Waals surface area contributed by atoms with Gasteiger partial charge >= 0.3 is 0 Å². The lowest BCUT2D eigenvalue weighted by Crippen LogP contribution is -3.00. The van der Waals surface area contributed by atoms with E-state index in [9.17, 15) is 0 Å². The van der Waals surface area contributed by atoms with E-state index in [0.717, 1.165) is 28.0 Å². The molecule has 0 bridgehead atoms. The summed E-state index contributed by atoms with van der Waals surface area (Å²) in [5, 5.41) is 9.75. The third-order valence-corrected chi connectivity index (χ3v) is 5.23. The number of amidine groups is 2. The molecule has 0 saturated carbocycles. The van der Waals surface area contributed by atoms with Gasteiger partial charge in [-0.3, -0.25) is 4.99 Å². The maximum absolute atomic E-state index is 4.84. The maximum atomic E-state index is 4.84. The van der Waals surface area contributed by atoms with Crippen molar-refractivity contribution in [2.75, 3.05) is 10.9 Å². The van der Waals surface area contributed by atoms with Gasteiger partial charge < -0.3 is 17.0 Å². The number of hydrogen-bond acceptors (Lipinski definition) is 5. The monoisotopic (exact) mass is 417 g/mol. The molecule has 4 rings (SSSR count). The van der Waals surface area contributed by atoms with Crippen molar-refractivity contribution in [3.63, 3.8) is 0 Å². The lowest BCUT2D eigenvalue weighted by molar-refractivity contribution is -0.560. The Bertz CT molecular complexity index is 792. The number of rotatable bonds is 2. The van der Waals surface area contributed by atoms with Crippen molar-refractivity contribution in [2.45, 2.75) is 19.4 Å². The van der Waals surface area contributed by atoms with E-state index in [-0.39, 0.29) is 22.5 Å². The summed E-state index contributed by atoms with van der Waals surface area (Å²) in [6, 6.07) is 20.5. The van der Waals surface area contributed by atoms with E-state index < -0.39 is 0 Å². The van der Waals surface area contributed by atoms with Gasteiger partial charge in [-0.05, 0) is 38.1 Å². The minimum atomic E-state index is -0.0482. The van der Waals surface area contributed by atoms with E-state index in [1.807, 2.05) is 41.5 Å². The van der Waals surface area contributed by atoms with Crippen molar-refractivity contribution >= 4 is 28.5 Å². The molecule has 7 heteroatoms. The van der Waals surface area contributed by atoms with Gasteiger partial charge in [-0.2, -0.15) is 5.43 Å². The Balaban J connectivity index is 0.00000182. The standard InChI is InChI=1S/C18H19N5S.BrH/c1-18(2)13-24-17(19-18)23-21-16(14-9-5-3-6-10-14)20-22(23)15-11-7-4-8-12-15;/h3-12H,13H2,1-2H3,(H,20,21);1H. The summed E-state index contributed by atoms with van der Waals surface area (Å²) in [6.07, 6.45) is 0. The van der Waals surface area contributed by atoms with E-state index in [1.54, 1.807) is 11.8 Å². The number of anilines is 1. The molecule has 0 fully saturated rings. The Morgan fingerprint density at radius 2 is 1.64 bits per heavy atom. The molecule has 0 atom stereocenters. The number of aliphatic imine (C=N–C) groups is 1. The molecule has 0 aliphatic carbocycles. The summed E-state index contributed by atoms with van der Waals surface area (Å²) in [5.41, 5.74) is 4.19. The van der Waals surface area contributed by atoms with Crippen molar-refractivity contribution in [3.8, 4) is 0 Å². The van der Waals surface area contributed by atoms with Gasteiger partial charge in [-0.1, -0.05) is 58.4 Å². The van der Waals surface area contributed by atoms with E-state index in [1.165, 1.54) is 0 Å². The minimum absolute atomic E-state index is 0. The number of quaternary nitrogens is 1. The predicted octanol–water partition coefficient (Wildman–Crippen LogP) is -0.551. The van der Waals surface area contributed by atoms with Crippen LogP contribution in [0.4, 0.5) is 5.69 Å². The zero-order valence-corrected chi connectivity index (χ0v) is 16.5. The number of hydrazone groups is 1. The number of benzene rings is 2. The van der Waals surface area contributed by atoms with Crippen molar-refractivity contribution in [3.05, 3.63) is 66.2 Å². The first-order valence-corrected chi connectivity index (χ1v) is 8.97. The molecule has 2 heterocycles. The number of nitrogens with zero attached hydrogens (tertiary/aromatic N) is 4. The van der Waals surface area contributed by atoms with E-state index in [0.29, 0.717) is 0 Å². The molecule has 0 saturated heterocycles. The second-order valence-corrected chi connectivity index (χ2v) is 7.39. The zero-order valence-electron chi connectivity index (χ0n) is 14.1. The van der Waals surface area contributed by atoms with Crippen LogP contribution in [0.2, 0.25) is 0 Å². The van der Waals surface area contributed by atoms with Crippen LogP contribution in [0, 0.1) is 0 Å². The third-order valence-electron chi connectivity index (χ3n) is 3.87. The fourth-order valence-corrected chi connectivity index (χ4v) is 3.76. The summed E-state index contributed by atoms with van der Waals surface area (Å²) in [5.74, 6) is 1.91. The van der Waals surface area contributed by atoms with Crippen LogP contribution in [0.25, 0.3) is 0 Å². The van der Waals surface area contributed by atoms with Crippen LogP contribution in [0.1, 0.15) is 19.4 Å². The van der Waals surface area contributed by atoms with Gasteiger partial charge in [-0.25, -0.2) is 0 Å². The van der Waals surface area contributed by atoms with Crippen LogP contribution in [0.3, 0.4) is 0 Å². The molecular weight excluding hydrogens is 398 g/mol. The van der Waals surface area contributed by atoms with Gasteiger partial charge in [0.15, 0.2) is 0 Å². The third kappa shape index (κ3) is 3.73. The quantitative estimate of drug-likeness (QED) is 0.666. The van der Waals surface area contributed by atoms with Gasteiger partial charge in [0.2, 0.25) is 5.17 Å². The first-order chi connectivity index (χ1) is 11.6. The normalized spacial score (nSPS) is 18.6. The molecular formula is C18H20BrN5S. The number of hydrazine groups is 1. The SMILES string of the molecule is CC1(C)CSC(N2N=C(c3ccccc3)[NH2+]N2c2ccccc2)=N1.[Br-]. The predicted molar refractivity (Wildman–Crippen MR) is 99.6 cm³/mol. The zero-order chi connectivity index (χ0) is 16.6. The summed E-state index contributed by atoms with van der Waals surface area (Å²) in [6.45, 7) is 4.31. The molecule has 130 valence electrons. The highest BCUT2D eigenvalue weighted by Crippen LogP contribution is 2.30. The van der Waals surface area contributed by atoms with Crippen LogP contribution in [0.15, 0.2) is 70.8 Å². The van der Waals surface area contributed by atoms with E-state index >= 15 is 0 Å². The summed E-state index contributed by atoms with van der Waals surface area (Å²) < 4.78 is 0. The topological polar surface area (TPSA) is 47.8 Å². The lowest BCUT2D eigenvalue weighted by Gasteiger charge is -2.22. The Morgan fingerprint density at radius 1 is 1.00 bits per heavy atom. The molecule has 0 radical (unpaired) electrons. The van der Waals surface area contributed by atoms with Gasteiger partial charge in [-0.15, -0.1) is 5.12 Å². The average molecular weight is 418 g/mol. The molecule has 0 unspecified atom stereocenters. The lowest BCUT2D eigenvalue weighted by atomic mass is 10.1. The van der Waals surface area contributed by atoms with Crippen LogP contribution in [0.5, 0.6) is 0 Å². The molecule has 2 N–H and O–H groups in total. The fraction of sp³-hybridized carbons (Fsp3) is 0.222. The Hall–Kier alpha value is -1.83. The van der Waals surface area contributed by atoms with Gasteiger partial charge in [0.25, 0.3) is 5.84 Å². The Labute approximate surface area is 162 Å². The average Bonchev–Trinajstić information content (AvgIpc) is 3.20. The molecule has 0 spiro atoms.